The Bertz CT molecular complexity index is 831. The molecular weight excluding hydrogens is 296 g/mol. The van der Waals surface area contributed by atoms with E-state index in [1.807, 2.05) is 18.2 Å². The topological polar surface area (TPSA) is 48.1 Å². The SMILES string of the molecule is COc1ccc(C)c(-c2cc3ccc(C)cc3c(N)n2)c1.Cl. The van der Waals surface area contributed by atoms with Gasteiger partial charge >= 0.3 is 0 Å². The lowest BCUT2D eigenvalue weighted by molar-refractivity contribution is 0.415. The molecule has 4 heteroatoms. The normalized spacial score (nSPS) is 10.3. The average Bonchev–Trinajstić information content (AvgIpc) is 2.48. The Balaban J connectivity index is 0.00000176. The summed E-state index contributed by atoms with van der Waals surface area (Å²) in [5, 5.41) is 2.10. The van der Waals surface area contributed by atoms with E-state index in [0.29, 0.717) is 5.82 Å². The molecule has 114 valence electrons. The fourth-order valence-electron chi connectivity index (χ4n) is 2.53. The Kier molecular flexibility index (Phi) is 4.57. The van der Waals surface area contributed by atoms with Gasteiger partial charge in [0.15, 0.2) is 0 Å². The van der Waals surface area contributed by atoms with E-state index in [9.17, 15) is 0 Å². The van der Waals surface area contributed by atoms with E-state index in [4.69, 9.17) is 10.5 Å². The molecule has 0 aliphatic heterocycles. The summed E-state index contributed by atoms with van der Waals surface area (Å²) < 4.78 is 5.31. The molecule has 0 saturated carbocycles. The summed E-state index contributed by atoms with van der Waals surface area (Å²) >= 11 is 0. The molecule has 3 aromatic rings. The van der Waals surface area contributed by atoms with E-state index in [-0.39, 0.29) is 12.4 Å². The van der Waals surface area contributed by atoms with E-state index >= 15 is 0 Å². The van der Waals surface area contributed by atoms with Crippen LogP contribution >= 0.6 is 12.4 Å². The van der Waals surface area contributed by atoms with Gasteiger partial charge in [0.05, 0.1) is 12.8 Å². The van der Waals surface area contributed by atoms with Gasteiger partial charge in [-0.25, -0.2) is 4.98 Å². The first kappa shape index (κ1) is 16.1. The van der Waals surface area contributed by atoms with Crippen molar-refractivity contribution in [2.24, 2.45) is 0 Å². The maximum Gasteiger partial charge on any atom is 0.131 e. The molecule has 2 N–H and O–H groups in total. The monoisotopic (exact) mass is 314 g/mol. The highest BCUT2D eigenvalue weighted by molar-refractivity contribution is 5.94. The Morgan fingerprint density at radius 2 is 1.77 bits per heavy atom. The second-order valence-corrected chi connectivity index (χ2v) is 5.30. The molecule has 0 saturated heterocycles. The van der Waals surface area contributed by atoms with Crippen LogP contribution in [0.1, 0.15) is 11.1 Å². The summed E-state index contributed by atoms with van der Waals surface area (Å²) in [5.74, 6) is 1.38. The number of nitrogen functional groups attached to an aromatic ring is 1. The van der Waals surface area contributed by atoms with Gasteiger partial charge < -0.3 is 10.5 Å². The zero-order valence-corrected chi connectivity index (χ0v) is 13.7. The minimum atomic E-state index is 0. The van der Waals surface area contributed by atoms with Crippen molar-refractivity contribution in [3.05, 3.63) is 53.6 Å². The first-order valence-electron chi connectivity index (χ1n) is 6.90. The van der Waals surface area contributed by atoms with Crippen molar-refractivity contribution in [1.29, 1.82) is 0 Å². The van der Waals surface area contributed by atoms with Crippen LogP contribution in [0.25, 0.3) is 22.0 Å². The third-order valence-corrected chi connectivity index (χ3v) is 3.74. The number of halogens is 1. The first-order chi connectivity index (χ1) is 10.1. The van der Waals surface area contributed by atoms with Crippen LogP contribution in [-0.2, 0) is 0 Å². The smallest absolute Gasteiger partial charge is 0.131 e. The molecule has 1 heterocycles. The van der Waals surface area contributed by atoms with Crippen molar-refractivity contribution < 1.29 is 4.74 Å². The highest BCUT2D eigenvalue weighted by Crippen LogP contribution is 2.30. The lowest BCUT2D eigenvalue weighted by Crippen LogP contribution is -1.96. The second-order valence-electron chi connectivity index (χ2n) is 5.30. The molecule has 1 aromatic heterocycles. The number of anilines is 1. The first-order valence-corrected chi connectivity index (χ1v) is 6.90. The maximum atomic E-state index is 6.14. The van der Waals surface area contributed by atoms with Gasteiger partial charge in [0, 0.05) is 10.9 Å². The number of rotatable bonds is 2. The minimum Gasteiger partial charge on any atom is -0.497 e. The van der Waals surface area contributed by atoms with E-state index in [2.05, 4.69) is 43.1 Å². The number of aryl methyl sites for hydroxylation is 2. The molecule has 0 fully saturated rings. The van der Waals surface area contributed by atoms with Crippen molar-refractivity contribution in [1.82, 2.24) is 4.98 Å². The molecule has 0 aliphatic carbocycles. The molecule has 0 atom stereocenters. The van der Waals surface area contributed by atoms with Crippen molar-refractivity contribution in [3.8, 4) is 17.0 Å². The fourth-order valence-corrected chi connectivity index (χ4v) is 2.53. The summed E-state index contributed by atoms with van der Waals surface area (Å²) in [6.45, 7) is 4.12. The Morgan fingerprint density at radius 3 is 2.50 bits per heavy atom. The zero-order chi connectivity index (χ0) is 15.0. The Labute approximate surface area is 136 Å². The number of fused-ring (bicyclic) bond motifs is 1. The molecule has 0 radical (unpaired) electrons. The second kappa shape index (κ2) is 6.24. The number of aromatic nitrogens is 1. The van der Waals surface area contributed by atoms with Crippen LogP contribution in [0.15, 0.2) is 42.5 Å². The van der Waals surface area contributed by atoms with Crippen molar-refractivity contribution in [3.63, 3.8) is 0 Å². The minimum absolute atomic E-state index is 0. The van der Waals surface area contributed by atoms with Crippen LogP contribution in [0.5, 0.6) is 5.75 Å². The van der Waals surface area contributed by atoms with Crippen LogP contribution in [0.2, 0.25) is 0 Å². The van der Waals surface area contributed by atoms with E-state index < -0.39 is 0 Å². The number of ether oxygens (including phenoxy) is 1. The van der Waals surface area contributed by atoms with Gasteiger partial charge in [-0.2, -0.15) is 0 Å². The van der Waals surface area contributed by atoms with Gasteiger partial charge in [-0.1, -0.05) is 23.8 Å². The molecule has 3 rings (SSSR count). The van der Waals surface area contributed by atoms with Gasteiger partial charge in [-0.3, -0.25) is 0 Å². The molecular formula is C18H19ClN2O. The van der Waals surface area contributed by atoms with E-state index in [1.54, 1.807) is 7.11 Å². The molecule has 0 spiro atoms. The summed E-state index contributed by atoms with van der Waals surface area (Å²) in [6.07, 6.45) is 0. The molecule has 0 amide bonds. The van der Waals surface area contributed by atoms with Gasteiger partial charge in [0.2, 0.25) is 0 Å². The predicted octanol–water partition coefficient (Wildman–Crippen LogP) is 4.53. The number of nitrogens with two attached hydrogens (primary N) is 1. The van der Waals surface area contributed by atoms with Crippen molar-refractivity contribution in [2.75, 3.05) is 12.8 Å². The number of pyridine rings is 1. The highest BCUT2D eigenvalue weighted by atomic mass is 35.5. The van der Waals surface area contributed by atoms with Crippen LogP contribution in [0.3, 0.4) is 0 Å². The summed E-state index contributed by atoms with van der Waals surface area (Å²) in [7, 11) is 1.67. The summed E-state index contributed by atoms with van der Waals surface area (Å²) in [6, 6.07) is 14.3. The summed E-state index contributed by atoms with van der Waals surface area (Å²) in [4.78, 5) is 4.57. The largest absolute Gasteiger partial charge is 0.497 e. The van der Waals surface area contributed by atoms with E-state index in [0.717, 1.165) is 33.3 Å². The standard InChI is InChI=1S/C18H18N2O.ClH/c1-11-4-6-13-9-17(20-18(19)16(13)8-11)15-10-14(21-3)7-5-12(15)2;/h4-10H,1-3H3,(H2,19,20);1H. The van der Waals surface area contributed by atoms with Gasteiger partial charge in [0.1, 0.15) is 11.6 Å². The maximum absolute atomic E-state index is 6.14. The molecule has 0 aliphatic rings. The quantitative estimate of drug-likeness (QED) is 0.756. The van der Waals surface area contributed by atoms with Crippen molar-refractivity contribution >= 4 is 29.0 Å². The fraction of sp³-hybridized carbons (Fsp3) is 0.167. The third kappa shape index (κ3) is 2.85. The lowest BCUT2D eigenvalue weighted by Gasteiger charge is -2.11. The number of nitrogens with zero attached hydrogens (tertiary/aromatic N) is 1. The van der Waals surface area contributed by atoms with Gasteiger partial charge in [-0.15, -0.1) is 12.4 Å². The highest BCUT2D eigenvalue weighted by Gasteiger charge is 2.09. The Morgan fingerprint density at radius 1 is 1.00 bits per heavy atom. The number of hydrogen-bond acceptors (Lipinski definition) is 3. The number of benzene rings is 2. The van der Waals surface area contributed by atoms with Crippen LogP contribution in [0, 0.1) is 13.8 Å². The zero-order valence-electron chi connectivity index (χ0n) is 12.9. The predicted molar refractivity (Wildman–Crippen MR) is 94.9 cm³/mol. The van der Waals surface area contributed by atoms with Crippen LogP contribution in [0.4, 0.5) is 5.82 Å². The lowest BCUT2D eigenvalue weighted by atomic mass is 10.0. The molecule has 0 unspecified atom stereocenters. The average molecular weight is 315 g/mol. The van der Waals surface area contributed by atoms with Crippen LogP contribution < -0.4 is 10.5 Å². The number of methoxy groups -OCH3 is 1. The molecule has 2 aromatic carbocycles. The number of hydrogen-bond donors (Lipinski definition) is 1. The molecule has 22 heavy (non-hydrogen) atoms. The van der Waals surface area contributed by atoms with Crippen molar-refractivity contribution in [2.45, 2.75) is 13.8 Å². The van der Waals surface area contributed by atoms with Gasteiger partial charge in [0.25, 0.3) is 0 Å². The molecule has 0 bridgehead atoms. The van der Waals surface area contributed by atoms with E-state index in [1.165, 1.54) is 5.56 Å². The van der Waals surface area contributed by atoms with Gasteiger partial charge in [-0.05, 0) is 49.1 Å². The third-order valence-electron chi connectivity index (χ3n) is 3.74. The van der Waals surface area contributed by atoms with Crippen LogP contribution in [-0.4, -0.2) is 12.1 Å². The Hall–Kier alpha value is -2.26. The summed E-state index contributed by atoms with van der Waals surface area (Å²) in [5.41, 5.74) is 10.4. The molecule has 3 nitrogen and oxygen atoms in total.